The first-order valence-electron chi connectivity index (χ1n) is 11.4. The molecule has 0 aromatic rings. The van der Waals surface area contributed by atoms with Crippen LogP contribution in [-0.4, -0.2) is 65.5 Å². The molecule has 3 rings (SSSR count). The van der Waals surface area contributed by atoms with E-state index in [0.717, 1.165) is 38.0 Å². The van der Waals surface area contributed by atoms with Crippen molar-refractivity contribution in [1.29, 1.82) is 0 Å². The lowest BCUT2D eigenvalue weighted by atomic mass is 9.84. The second-order valence-electron chi connectivity index (χ2n) is 8.83. The second kappa shape index (κ2) is 11.2. The Morgan fingerprint density at radius 3 is 2.19 bits per heavy atom. The number of halogens is 1. The Bertz CT molecular complexity index is 440. The summed E-state index contributed by atoms with van der Waals surface area (Å²) < 4.78 is 5.63. The molecule has 1 heterocycles. The van der Waals surface area contributed by atoms with Crippen molar-refractivity contribution in [3.8, 4) is 0 Å². The van der Waals surface area contributed by atoms with Crippen molar-refractivity contribution in [2.24, 2.45) is 5.92 Å². The summed E-state index contributed by atoms with van der Waals surface area (Å²) in [5.74, 6) is 1.09. The molecule has 3 fully saturated rings. The standard InChI is InChI=1S/C22H39BrN2O2/c1-2-27-17-18-8-10-19(11-9-18)24-14-12-21(13-15-24)25(22(26)16-23)20-6-4-3-5-7-20/h18-21H,2-17H2,1H3/t18-,19+. The topological polar surface area (TPSA) is 32.8 Å². The van der Waals surface area contributed by atoms with E-state index in [9.17, 15) is 4.79 Å². The Hall–Kier alpha value is -0.130. The van der Waals surface area contributed by atoms with Gasteiger partial charge in [0.2, 0.25) is 5.91 Å². The molecule has 0 N–H and O–H groups in total. The maximum Gasteiger partial charge on any atom is 0.233 e. The van der Waals surface area contributed by atoms with Gasteiger partial charge in [0.15, 0.2) is 0 Å². The van der Waals surface area contributed by atoms with Crippen molar-refractivity contribution in [3.63, 3.8) is 0 Å². The molecule has 0 unspecified atom stereocenters. The van der Waals surface area contributed by atoms with E-state index in [1.807, 2.05) is 0 Å². The van der Waals surface area contributed by atoms with Crippen LogP contribution in [0.15, 0.2) is 0 Å². The minimum Gasteiger partial charge on any atom is -0.381 e. The summed E-state index contributed by atoms with van der Waals surface area (Å²) in [4.78, 5) is 17.7. The quantitative estimate of drug-likeness (QED) is 0.539. The fraction of sp³-hybridized carbons (Fsp3) is 0.955. The van der Waals surface area contributed by atoms with Crippen molar-refractivity contribution in [2.45, 2.75) is 95.7 Å². The van der Waals surface area contributed by atoms with Crippen LogP contribution in [0.4, 0.5) is 0 Å². The highest BCUT2D eigenvalue weighted by Crippen LogP contribution is 2.32. The Labute approximate surface area is 174 Å². The van der Waals surface area contributed by atoms with E-state index >= 15 is 0 Å². The molecule has 27 heavy (non-hydrogen) atoms. The van der Waals surface area contributed by atoms with E-state index in [-0.39, 0.29) is 0 Å². The minimum atomic E-state index is 0.316. The van der Waals surface area contributed by atoms with Gasteiger partial charge < -0.3 is 14.5 Å². The number of hydrogen-bond acceptors (Lipinski definition) is 3. The number of hydrogen-bond donors (Lipinski definition) is 0. The highest BCUT2D eigenvalue weighted by Gasteiger charge is 2.35. The van der Waals surface area contributed by atoms with E-state index in [0.29, 0.717) is 23.3 Å². The summed E-state index contributed by atoms with van der Waals surface area (Å²) in [6.45, 7) is 6.23. The lowest BCUT2D eigenvalue weighted by Crippen LogP contribution is -2.54. The monoisotopic (exact) mass is 442 g/mol. The smallest absolute Gasteiger partial charge is 0.233 e. The molecular formula is C22H39BrN2O2. The van der Waals surface area contributed by atoms with Gasteiger partial charge in [-0.15, -0.1) is 0 Å². The van der Waals surface area contributed by atoms with Crippen LogP contribution in [0, 0.1) is 5.92 Å². The molecule has 5 heteroatoms. The first-order valence-corrected chi connectivity index (χ1v) is 12.5. The normalized spacial score (nSPS) is 29.0. The van der Waals surface area contributed by atoms with Crippen LogP contribution in [0.3, 0.4) is 0 Å². The number of nitrogens with zero attached hydrogens (tertiary/aromatic N) is 2. The fourth-order valence-electron chi connectivity index (χ4n) is 5.62. The van der Waals surface area contributed by atoms with Crippen molar-refractivity contribution >= 4 is 21.8 Å². The number of piperidine rings is 1. The molecule has 1 saturated heterocycles. The molecule has 0 aromatic carbocycles. The van der Waals surface area contributed by atoms with Crippen molar-refractivity contribution in [3.05, 3.63) is 0 Å². The van der Waals surface area contributed by atoms with E-state index in [2.05, 4.69) is 32.7 Å². The first-order chi connectivity index (χ1) is 13.2. The summed E-state index contributed by atoms with van der Waals surface area (Å²) in [6, 6.07) is 1.72. The van der Waals surface area contributed by atoms with Gasteiger partial charge in [0.1, 0.15) is 0 Å². The zero-order chi connectivity index (χ0) is 19.1. The van der Waals surface area contributed by atoms with E-state index in [1.54, 1.807) is 0 Å². The first kappa shape index (κ1) is 21.6. The predicted octanol–water partition coefficient (Wildman–Crippen LogP) is 4.60. The van der Waals surface area contributed by atoms with Crippen LogP contribution in [0.2, 0.25) is 0 Å². The molecule has 1 aliphatic heterocycles. The molecule has 2 saturated carbocycles. The summed E-state index contributed by atoms with van der Waals surface area (Å²) in [6.07, 6.45) is 14.0. The molecular weight excluding hydrogens is 404 g/mol. The number of amides is 1. The molecule has 156 valence electrons. The van der Waals surface area contributed by atoms with E-state index in [4.69, 9.17) is 4.74 Å². The molecule has 0 radical (unpaired) electrons. The van der Waals surface area contributed by atoms with E-state index in [1.165, 1.54) is 70.9 Å². The van der Waals surface area contributed by atoms with Gasteiger partial charge in [0.25, 0.3) is 0 Å². The third-order valence-corrected chi connectivity index (χ3v) is 7.63. The minimum absolute atomic E-state index is 0.316. The van der Waals surface area contributed by atoms with Crippen LogP contribution in [-0.2, 0) is 9.53 Å². The van der Waals surface area contributed by atoms with Crippen LogP contribution in [0.25, 0.3) is 0 Å². The van der Waals surface area contributed by atoms with Gasteiger partial charge in [-0.3, -0.25) is 4.79 Å². The summed E-state index contributed by atoms with van der Waals surface area (Å²) >= 11 is 3.43. The highest BCUT2D eigenvalue weighted by atomic mass is 79.9. The molecule has 2 aliphatic carbocycles. The summed E-state index contributed by atoms with van der Waals surface area (Å²) in [7, 11) is 0. The number of rotatable bonds is 7. The molecule has 1 amide bonds. The Kier molecular flexibility index (Phi) is 8.92. The SMILES string of the molecule is CCOC[C@H]1CC[C@@H](N2CCC(N(C(=O)CBr)C3CCCCC3)CC2)CC1. The average Bonchev–Trinajstić information content (AvgIpc) is 2.74. The molecule has 3 aliphatic rings. The molecule has 0 spiro atoms. The van der Waals surface area contributed by atoms with E-state index < -0.39 is 0 Å². The third kappa shape index (κ3) is 5.93. The largest absolute Gasteiger partial charge is 0.381 e. The lowest BCUT2D eigenvalue weighted by Gasteiger charge is -2.46. The molecule has 4 nitrogen and oxygen atoms in total. The van der Waals surface area contributed by atoms with Crippen LogP contribution < -0.4 is 0 Å². The third-order valence-electron chi connectivity index (χ3n) is 7.15. The zero-order valence-electron chi connectivity index (χ0n) is 17.2. The van der Waals surface area contributed by atoms with Gasteiger partial charge in [-0.25, -0.2) is 0 Å². The van der Waals surface area contributed by atoms with Crippen LogP contribution >= 0.6 is 15.9 Å². The van der Waals surface area contributed by atoms with Crippen molar-refractivity contribution in [1.82, 2.24) is 9.80 Å². The summed E-state index contributed by atoms with van der Waals surface area (Å²) in [5, 5.41) is 0.480. The van der Waals surface area contributed by atoms with Gasteiger partial charge >= 0.3 is 0 Å². The summed E-state index contributed by atoms with van der Waals surface area (Å²) in [5.41, 5.74) is 0. The number of carbonyl (C=O) groups excluding carboxylic acids is 1. The molecule has 0 aromatic heterocycles. The Morgan fingerprint density at radius 2 is 1.59 bits per heavy atom. The van der Waals surface area contributed by atoms with Gasteiger partial charge in [0.05, 0.1) is 5.33 Å². The molecule has 0 bridgehead atoms. The van der Waals surface area contributed by atoms with Crippen molar-refractivity contribution < 1.29 is 9.53 Å². The predicted molar refractivity (Wildman–Crippen MR) is 114 cm³/mol. The number of alkyl halides is 1. The van der Waals surface area contributed by atoms with Crippen LogP contribution in [0.5, 0.6) is 0 Å². The Balaban J connectivity index is 1.47. The Morgan fingerprint density at radius 1 is 0.963 bits per heavy atom. The molecule has 0 atom stereocenters. The van der Waals surface area contributed by atoms with Gasteiger partial charge in [-0.1, -0.05) is 35.2 Å². The number of ether oxygens (including phenoxy) is 1. The van der Waals surface area contributed by atoms with Gasteiger partial charge in [0, 0.05) is 44.4 Å². The second-order valence-corrected chi connectivity index (χ2v) is 9.39. The van der Waals surface area contributed by atoms with Crippen LogP contribution in [0.1, 0.15) is 77.6 Å². The maximum atomic E-state index is 12.7. The average molecular weight is 443 g/mol. The van der Waals surface area contributed by atoms with Gasteiger partial charge in [-0.2, -0.15) is 0 Å². The zero-order valence-corrected chi connectivity index (χ0v) is 18.8. The van der Waals surface area contributed by atoms with Crippen molar-refractivity contribution in [2.75, 3.05) is 31.6 Å². The lowest BCUT2D eigenvalue weighted by molar-refractivity contribution is -0.135. The fourth-order valence-corrected chi connectivity index (χ4v) is 5.91. The number of likely N-dealkylation sites (tertiary alicyclic amines) is 1. The highest BCUT2D eigenvalue weighted by molar-refractivity contribution is 9.09. The maximum absolute atomic E-state index is 12.7. The van der Waals surface area contributed by atoms with Gasteiger partial charge in [-0.05, 0) is 64.2 Å². The number of carbonyl (C=O) groups is 1.